The highest BCUT2D eigenvalue weighted by Gasteiger charge is 2.24. The minimum atomic E-state index is -1.14. The number of phenols is 2. The molecule has 0 aliphatic carbocycles. The molecule has 0 spiro atoms. The number of hydrogen-bond acceptors (Lipinski definition) is 4. The van der Waals surface area contributed by atoms with E-state index in [0.29, 0.717) is 0 Å². The van der Waals surface area contributed by atoms with Gasteiger partial charge in [0.1, 0.15) is 6.54 Å². The third-order valence-corrected chi connectivity index (χ3v) is 2.43. The van der Waals surface area contributed by atoms with E-state index < -0.39 is 29.9 Å². The van der Waals surface area contributed by atoms with Gasteiger partial charge in [0.15, 0.2) is 11.5 Å². The van der Waals surface area contributed by atoms with E-state index in [2.05, 4.69) is 0 Å². The lowest BCUT2D eigenvalue weighted by Gasteiger charge is -2.25. The molecule has 0 fully saturated rings. The normalized spacial score (nSPS) is 10.4. The number of carbonyl (C=O) groups excluding carboxylic acids is 1. The second-order valence-electron chi connectivity index (χ2n) is 4.09. The van der Waals surface area contributed by atoms with Gasteiger partial charge in [0.2, 0.25) is 0 Å². The fourth-order valence-corrected chi connectivity index (χ4v) is 1.49. The van der Waals surface area contributed by atoms with Crippen LogP contribution in [0.2, 0.25) is 0 Å². The molecule has 1 rings (SSSR count). The van der Waals surface area contributed by atoms with Crippen LogP contribution < -0.4 is 0 Å². The van der Waals surface area contributed by atoms with Crippen LogP contribution in [-0.2, 0) is 4.79 Å². The number of phenolic OH excluding ortho intramolecular Hbond substituents is 2. The summed E-state index contributed by atoms with van der Waals surface area (Å²) in [5, 5.41) is 27.6. The molecule has 0 saturated heterocycles. The fourth-order valence-electron chi connectivity index (χ4n) is 1.49. The maximum Gasteiger partial charge on any atom is 0.323 e. The average molecular weight is 253 g/mol. The van der Waals surface area contributed by atoms with Crippen LogP contribution >= 0.6 is 0 Å². The molecule has 6 heteroatoms. The van der Waals surface area contributed by atoms with E-state index in [9.17, 15) is 19.8 Å². The Morgan fingerprint density at radius 3 is 2.39 bits per heavy atom. The van der Waals surface area contributed by atoms with Crippen molar-refractivity contribution in [2.45, 2.75) is 19.9 Å². The first-order valence-electron chi connectivity index (χ1n) is 5.38. The van der Waals surface area contributed by atoms with E-state index in [1.54, 1.807) is 13.8 Å². The van der Waals surface area contributed by atoms with Gasteiger partial charge in [0.25, 0.3) is 5.91 Å². The molecule has 6 nitrogen and oxygen atoms in total. The number of rotatable bonds is 4. The molecule has 98 valence electrons. The van der Waals surface area contributed by atoms with E-state index in [4.69, 9.17) is 5.11 Å². The minimum Gasteiger partial charge on any atom is -0.504 e. The molecule has 0 heterocycles. The molecule has 0 aliphatic heterocycles. The molecule has 3 N–H and O–H groups in total. The van der Waals surface area contributed by atoms with Gasteiger partial charge in [0, 0.05) is 6.04 Å². The molecule has 0 bridgehead atoms. The van der Waals surface area contributed by atoms with Crippen LogP contribution in [0.5, 0.6) is 11.5 Å². The SMILES string of the molecule is CC(C)N(CC(=O)O)C(=O)c1cccc(O)c1O. The van der Waals surface area contributed by atoms with Crippen molar-refractivity contribution in [1.82, 2.24) is 4.90 Å². The van der Waals surface area contributed by atoms with E-state index in [0.717, 1.165) is 4.90 Å². The topological polar surface area (TPSA) is 98.1 Å². The standard InChI is InChI=1S/C12H15NO5/c1-7(2)13(6-10(15)16)12(18)8-4-3-5-9(14)11(8)17/h3-5,7,14,17H,6H2,1-2H3,(H,15,16). The molecule has 1 amide bonds. The number of carbonyl (C=O) groups is 2. The maximum atomic E-state index is 12.1. The number of benzene rings is 1. The number of para-hydroxylation sites is 1. The number of amides is 1. The third-order valence-electron chi connectivity index (χ3n) is 2.43. The van der Waals surface area contributed by atoms with Gasteiger partial charge in [-0.05, 0) is 26.0 Å². The molecule has 1 aromatic rings. The van der Waals surface area contributed by atoms with Crippen LogP contribution in [0.25, 0.3) is 0 Å². The predicted octanol–water partition coefficient (Wildman–Crippen LogP) is 1.03. The number of aliphatic carboxylic acids is 1. The predicted molar refractivity (Wildman–Crippen MR) is 63.6 cm³/mol. The van der Waals surface area contributed by atoms with Gasteiger partial charge in [0.05, 0.1) is 5.56 Å². The van der Waals surface area contributed by atoms with Crippen LogP contribution in [0.1, 0.15) is 24.2 Å². The summed E-state index contributed by atoms with van der Waals surface area (Å²) in [7, 11) is 0. The molecule has 0 aromatic heterocycles. The summed E-state index contributed by atoms with van der Waals surface area (Å²) >= 11 is 0. The second kappa shape index (κ2) is 5.39. The van der Waals surface area contributed by atoms with Crippen molar-refractivity contribution in [3.05, 3.63) is 23.8 Å². The number of aromatic hydroxyl groups is 2. The van der Waals surface area contributed by atoms with Gasteiger partial charge >= 0.3 is 5.97 Å². The zero-order chi connectivity index (χ0) is 13.9. The van der Waals surface area contributed by atoms with Crippen LogP contribution in [0, 0.1) is 0 Å². The molecule has 0 saturated carbocycles. The van der Waals surface area contributed by atoms with Crippen LogP contribution in [0.15, 0.2) is 18.2 Å². The number of carboxylic acids is 1. The Morgan fingerprint density at radius 1 is 1.28 bits per heavy atom. The number of hydrogen-bond donors (Lipinski definition) is 3. The van der Waals surface area contributed by atoms with Crippen molar-refractivity contribution in [2.75, 3.05) is 6.54 Å². The lowest BCUT2D eigenvalue weighted by Crippen LogP contribution is -2.40. The van der Waals surface area contributed by atoms with Crippen LogP contribution in [0.3, 0.4) is 0 Å². The molecular weight excluding hydrogens is 238 g/mol. The Kier molecular flexibility index (Phi) is 4.14. The summed E-state index contributed by atoms with van der Waals surface area (Å²) < 4.78 is 0. The van der Waals surface area contributed by atoms with Gasteiger partial charge in [-0.15, -0.1) is 0 Å². The first-order chi connectivity index (χ1) is 8.34. The minimum absolute atomic E-state index is 0.120. The van der Waals surface area contributed by atoms with Crippen molar-refractivity contribution in [3.8, 4) is 11.5 Å². The Balaban J connectivity index is 3.10. The monoisotopic (exact) mass is 253 g/mol. The maximum absolute atomic E-state index is 12.1. The second-order valence-corrected chi connectivity index (χ2v) is 4.09. The van der Waals surface area contributed by atoms with Gasteiger partial charge < -0.3 is 20.2 Å². The molecular formula is C12H15NO5. The Morgan fingerprint density at radius 2 is 1.89 bits per heavy atom. The summed E-state index contributed by atoms with van der Waals surface area (Å²) in [5.74, 6) is -2.74. The number of carboxylic acid groups (broad SMARTS) is 1. The highest BCUT2D eigenvalue weighted by atomic mass is 16.4. The first kappa shape index (κ1) is 13.8. The van der Waals surface area contributed by atoms with Gasteiger partial charge in [-0.1, -0.05) is 6.07 Å². The third kappa shape index (κ3) is 2.91. The number of nitrogens with zero attached hydrogens (tertiary/aromatic N) is 1. The summed E-state index contributed by atoms with van der Waals surface area (Å²) in [6.45, 7) is 2.87. The van der Waals surface area contributed by atoms with E-state index in [-0.39, 0.29) is 11.6 Å². The van der Waals surface area contributed by atoms with E-state index in [1.807, 2.05) is 0 Å². The van der Waals surface area contributed by atoms with Gasteiger partial charge in [-0.3, -0.25) is 9.59 Å². The van der Waals surface area contributed by atoms with Gasteiger partial charge in [-0.2, -0.15) is 0 Å². The van der Waals surface area contributed by atoms with Crippen molar-refractivity contribution in [1.29, 1.82) is 0 Å². The molecule has 0 atom stereocenters. The first-order valence-corrected chi connectivity index (χ1v) is 5.38. The van der Waals surface area contributed by atoms with Crippen molar-refractivity contribution >= 4 is 11.9 Å². The lowest BCUT2D eigenvalue weighted by atomic mass is 10.1. The Hall–Kier alpha value is -2.24. The highest BCUT2D eigenvalue weighted by molar-refractivity contribution is 5.99. The summed E-state index contributed by atoms with van der Waals surface area (Å²) in [4.78, 5) is 23.9. The lowest BCUT2D eigenvalue weighted by molar-refractivity contribution is -0.138. The van der Waals surface area contributed by atoms with Crippen molar-refractivity contribution in [3.63, 3.8) is 0 Å². The Bertz CT molecular complexity index is 470. The molecule has 0 unspecified atom stereocenters. The quantitative estimate of drug-likeness (QED) is 0.696. The molecule has 1 aromatic carbocycles. The van der Waals surface area contributed by atoms with Crippen molar-refractivity contribution < 1.29 is 24.9 Å². The molecule has 0 radical (unpaired) electrons. The molecule has 0 aliphatic rings. The largest absolute Gasteiger partial charge is 0.504 e. The smallest absolute Gasteiger partial charge is 0.323 e. The summed E-state index contributed by atoms with van der Waals surface area (Å²) in [5.41, 5.74) is -0.120. The highest BCUT2D eigenvalue weighted by Crippen LogP contribution is 2.29. The van der Waals surface area contributed by atoms with Crippen LogP contribution in [-0.4, -0.2) is 44.7 Å². The zero-order valence-corrected chi connectivity index (χ0v) is 10.1. The van der Waals surface area contributed by atoms with Gasteiger partial charge in [-0.25, -0.2) is 0 Å². The fraction of sp³-hybridized carbons (Fsp3) is 0.333. The van der Waals surface area contributed by atoms with E-state index >= 15 is 0 Å². The average Bonchev–Trinajstić information content (AvgIpc) is 2.28. The summed E-state index contributed by atoms with van der Waals surface area (Å²) in [6, 6.07) is 3.63. The van der Waals surface area contributed by atoms with E-state index in [1.165, 1.54) is 18.2 Å². The molecule has 18 heavy (non-hydrogen) atoms. The zero-order valence-electron chi connectivity index (χ0n) is 10.1. The summed E-state index contributed by atoms with van der Waals surface area (Å²) in [6.07, 6.45) is 0. The Labute approximate surface area is 104 Å². The van der Waals surface area contributed by atoms with Crippen molar-refractivity contribution in [2.24, 2.45) is 0 Å². The van der Waals surface area contributed by atoms with Crippen LogP contribution in [0.4, 0.5) is 0 Å².